The minimum absolute atomic E-state index is 0.0416. The number of amides is 1. The van der Waals surface area contributed by atoms with Gasteiger partial charge < -0.3 is 11.1 Å². The van der Waals surface area contributed by atoms with E-state index in [1.165, 1.54) is 12.8 Å². The molecule has 0 bridgehead atoms. The van der Waals surface area contributed by atoms with Crippen molar-refractivity contribution in [3.05, 3.63) is 34.9 Å². The number of nitrogens with one attached hydrogen (secondary N) is 1. The van der Waals surface area contributed by atoms with Crippen LogP contribution in [0.4, 0.5) is 0 Å². The van der Waals surface area contributed by atoms with Crippen molar-refractivity contribution in [3.63, 3.8) is 0 Å². The van der Waals surface area contributed by atoms with Crippen LogP contribution in [0.3, 0.4) is 0 Å². The second kappa shape index (κ2) is 5.72. The minimum Gasteiger partial charge on any atom is -0.348 e. The van der Waals surface area contributed by atoms with Crippen LogP contribution < -0.4 is 11.1 Å². The molecule has 1 saturated carbocycles. The van der Waals surface area contributed by atoms with Crippen LogP contribution in [0, 0.1) is 5.92 Å². The summed E-state index contributed by atoms with van der Waals surface area (Å²) in [6, 6.07) is 7.06. The van der Waals surface area contributed by atoms with Crippen LogP contribution in [0.2, 0.25) is 5.02 Å². The van der Waals surface area contributed by atoms with Gasteiger partial charge in [0, 0.05) is 5.02 Å². The molecule has 98 valence electrons. The number of hydrogen-bond donors (Lipinski definition) is 2. The predicted molar refractivity (Wildman–Crippen MR) is 73.3 cm³/mol. The molecule has 18 heavy (non-hydrogen) atoms. The fourth-order valence-electron chi connectivity index (χ4n) is 1.97. The average molecular weight is 267 g/mol. The third-order valence-electron chi connectivity index (χ3n) is 3.35. The van der Waals surface area contributed by atoms with Crippen molar-refractivity contribution in [2.24, 2.45) is 11.7 Å². The summed E-state index contributed by atoms with van der Waals surface area (Å²) < 4.78 is 0. The van der Waals surface area contributed by atoms with Crippen LogP contribution in [0.1, 0.15) is 37.8 Å². The molecule has 1 aliphatic rings. The van der Waals surface area contributed by atoms with E-state index in [4.69, 9.17) is 17.3 Å². The van der Waals surface area contributed by atoms with E-state index in [2.05, 4.69) is 5.32 Å². The van der Waals surface area contributed by atoms with Crippen LogP contribution in [0.5, 0.6) is 0 Å². The molecule has 1 aliphatic carbocycles. The standard InChI is InChI=1S/C14H19ClN2O/c1-9(11-4-6-12(15)7-5-11)17-14(18)13(16)8-10-2-3-10/h4-7,9-10,13H,2-3,8,16H2,1H3,(H,17,18)/t9-,13?/m0/s1. The van der Waals surface area contributed by atoms with E-state index in [1.54, 1.807) is 0 Å². The Morgan fingerprint density at radius 1 is 1.44 bits per heavy atom. The highest BCUT2D eigenvalue weighted by molar-refractivity contribution is 6.30. The molecular formula is C14H19ClN2O. The SMILES string of the molecule is C[C@H](NC(=O)C(N)CC1CC1)c1ccc(Cl)cc1. The molecule has 3 N–H and O–H groups in total. The smallest absolute Gasteiger partial charge is 0.237 e. The number of halogens is 1. The molecular weight excluding hydrogens is 248 g/mol. The van der Waals surface area contributed by atoms with Crippen LogP contribution in [-0.2, 0) is 4.79 Å². The van der Waals surface area contributed by atoms with E-state index in [-0.39, 0.29) is 18.0 Å². The molecule has 3 nitrogen and oxygen atoms in total. The molecule has 1 unspecified atom stereocenters. The maximum absolute atomic E-state index is 11.9. The summed E-state index contributed by atoms with van der Waals surface area (Å²) in [5, 5.41) is 3.64. The Bertz CT molecular complexity index is 414. The quantitative estimate of drug-likeness (QED) is 0.861. The Morgan fingerprint density at radius 3 is 2.61 bits per heavy atom. The number of rotatable bonds is 5. The highest BCUT2D eigenvalue weighted by atomic mass is 35.5. The normalized spacial score (nSPS) is 18.2. The first-order chi connectivity index (χ1) is 8.56. The third-order valence-corrected chi connectivity index (χ3v) is 3.60. The summed E-state index contributed by atoms with van der Waals surface area (Å²) >= 11 is 5.83. The van der Waals surface area contributed by atoms with Gasteiger partial charge in [0.1, 0.15) is 0 Å². The van der Waals surface area contributed by atoms with Crippen molar-refractivity contribution >= 4 is 17.5 Å². The summed E-state index contributed by atoms with van der Waals surface area (Å²) in [5.41, 5.74) is 6.91. The Hall–Kier alpha value is -1.06. The molecule has 2 atom stereocenters. The molecule has 1 fully saturated rings. The number of nitrogens with two attached hydrogens (primary N) is 1. The maximum Gasteiger partial charge on any atom is 0.237 e. The lowest BCUT2D eigenvalue weighted by atomic mass is 10.1. The zero-order valence-corrected chi connectivity index (χ0v) is 11.3. The number of hydrogen-bond acceptors (Lipinski definition) is 2. The highest BCUT2D eigenvalue weighted by Crippen LogP contribution is 2.33. The summed E-state index contributed by atoms with van der Waals surface area (Å²) in [6.07, 6.45) is 3.24. The first-order valence-corrected chi connectivity index (χ1v) is 6.75. The van der Waals surface area contributed by atoms with Gasteiger partial charge in [0.2, 0.25) is 5.91 Å². The van der Waals surface area contributed by atoms with Gasteiger partial charge in [-0.3, -0.25) is 4.79 Å². The van der Waals surface area contributed by atoms with E-state index in [9.17, 15) is 4.79 Å². The topological polar surface area (TPSA) is 55.1 Å². The molecule has 0 heterocycles. The molecule has 1 aromatic carbocycles. The maximum atomic E-state index is 11.9. The van der Waals surface area contributed by atoms with Crippen LogP contribution in [-0.4, -0.2) is 11.9 Å². The zero-order chi connectivity index (χ0) is 13.1. The number of carbonyl (C=O) groups is 1. The molecule has 0 spiro atoms. The molecule has 0 radical (unpaired) electrons. The Balaban J connectivity index is 1.87. The molecule has 4 heteroatoms. The second-order valence-electron chi connectivity index (χ2n) is 5.07. The fourth-order valence-corrected chi connectivity index (χ4v) is 2.10. The molecule has 0 aliphatic heterocycles. The van der Waals surface area contributed by atoms with E-state index < -0.39 is 0 Å². The van der Waals surface area contributed by atoms with Gasteiger partial charge in [0.05, 0.1) is 12.1 Å². The van der Waals surface area contributed by atoms with Crippen LogP contribution >= 0.6 is 11.6 Å². The summed E-state index contributed by atoms with van der Waals surface area (Å²) in [5.74, 6) is 0.598. The lowest BCUT2D eigenvalue weighted by molar-refractivity contribution is -0.123. The van der Waals surface area contributed by atoms with Gasteiger partial charge in [-0.15, -0.1) is 0 Å². The van der Waals surface area contributed by atoms with E-state index in [0.717, 1.165) is 12.0 Å². The second-order valence-corrected chi connectivity index (χ2v) is 5.50. The molecule has 1 aromatic rings. The zero-order valence-electron chi connectivity index (χ0n) is 10.5. The van der Waals surface area contributed by atoms with Gasteiger partial charge >= 0.3 is 0 Å². The van der Waals surface area contributed by atoms with E-state index in [1.807, 2.05) is 31.2 Å². The van der Waals surface area contributed by atoms with E-state index in [0.29, 0.717) is 10.9 Å². The summed E-state index contributed by atoms with van der Waals surface area (Å²) in [6.45, 7) is 1.95. The van der Waals surface area contributed by atoms with Crippen molar-refractivity contribution in [2.75, 3.05) is 0 Å². The number of benzene rings is 1. The Labute approximate surface area is 113 Å². The molecule has 0 saturated heterocycles. The Morgan fingerprint density at radius 2 is 2.06 bits per heavy atom. The van der Waals surface area contributed by atoms with Gasteiger partial charge in [-0.25, -0.2) is 0 Å². The highest BCUT2D eigenvalue weighted by Gasteiger charge is 2.27. The average Bonchev–Trinajstić information content (AvgIpc) is 3.13. The monoisotopic (exact) mass is 266 g/mol. The van der Waals surface area contributed by atoms with Crippen molar-refractivity contribution < 1.29 is 4.79 Å². The number of carbonyl (C=O) groups excluding carboxylic acids is 1. The fraction of sp³-hybridized carbons (Fsp3) is 0.500. The van der Waals surface area contributed by atoms with Crippen molar-refractivity contribution in [1.29, 1.82) is 0 Å². The predicted octanol–water partition coefficient (Wildman–Crippen LogP) is 2.64. The van der Waals surface area contributed by atoms with E-state index >= 15 is 0 Å². The van der Waals surface area contributed by atoms with Gasteiger partial charge in [0.15, 0.2) is 0 Å². The van der Waals surface area contributed by atoms with Gasteiger partial charge in [0.25, 0.3) is 0 Å². The van der Waals surface area contributed by atoms with Crippen LogP contribution in [0.25, 0.3) is 0 Å². The van der Waals surface area contributed by atoms with Crippen molar-refractivity contribution in [2.45, 2.75) is 38.3 Å². The molecule has 0 aromatic heterocycles. The van der Waals surface area contributed by atoms with Gasteiger partial charge in [-0.2, -0.15) is 0 Å². The van der Waals surface area contributed by atoms with Gasteiger partial charge in [-0.05, 0) is 37.0 Å². The van der Waals surface area contributed by atoms with Crippen LogP contribution in [0.15, 0.2) is 24.3 Å². The lowest BCUT2D eigenvalue weighted by Crippen LogP contribution is -2.41. The van der Waals surface area contributed by atoms with Crippen molar-refractivity contribution in [3.8, 4) is 0 Å². The lowest BCUT2D eigenvalue weighted by Gasteiger charge is -2.17. The molecule has 2 rings (SSSR count). The van der Waals surface area contributed by atoms with Crippen molar-refractivity contribution in [1.82, 2.24) is 5.32 Å². The third kappa shape index (κ3) is 3.72. The minimum atomic E-state index is -0.382. The first-order valence-electron chi connectivity index (χ1n) is 6.37. The largest absolute Gasteiger partial charge is 0.348 e. The summed E-state index contributed by atoms with van der Waals surface area (Å²) in [4.78, 5) is 11.9. The Kier molecular flexibility index (Phi) is 4.25. The summed E-state index contributed by atoms with van der Waals surface area (Å²) in [7, 11) is 0. The molecule has 1 amide bonds. The first kappa shape index (κ1) is 13.4. The van der Waals surface area contributed by atoms with Gasteiger partial charge in [-0.1, -0.05) is 36.6 Å².